The first-order valence-electron chi connectivity index (χ1n) is 14.3. The fourth-order valence-electron chi connectivity index (χ4n) is 5.19. The third-order valence-electron chi connectivity index (χ3n) is 7.65. The fourth-order valence-corrected chi connectivity index (χ4v) is 5.19. The zero-order valence-corrected chi connectivity index (χ0v) is 24.0. The van der Waals surface area contributed by atoms with Gasteiger partial charge in [0, 0.05) is 89.3 Å². The Morgan fingerprint density at radius 2 is 1.29 bits per heavy atom. The van der Waals surface area contributed by atoms with Crippen molar-refractivity contribution in [2.24, 2.45) is 0 Å². The van der Waals surface area contributed by atoms with E-state index in [1.807, 2.05) is 60.7 Å². The summed E-state index contributed by atoms with van der Waals surface area (Å²) in [6, 6.07) is 24.0. The molecular formula is C32H40N4O5. The molecule has 2 aliphatic rings. The first-order chi connectivity index (χ1) is 20.1. The molecule has 0 aliphatic carbocycles. The highest BCUT2D eigenvalue weighted by atomic mass is 16.6. The second-order valence-electron chi connectivity index (χ2n) is 10.3. The van der Waals surface area contributed by atoms with Crippen molar-refractivity contribution in [3.8, 4) is 23.0 Å². The van der Waals surface area contributed by atoms with Crippen LogP contribution in [0.15, 0.2) is 72.8 Å². The van der Waals surface area contributed by atoms with Crippen molar-refractivity contribution in [3.63, 3.8) is 0 Å². The van der Waals surface area contributed by atoms with E-state index in [4.69, 9.17) is 18.9 Å². The van der Waals surface area contributed by atoms with E-state index < -0.39 is 0 Å². The molecule has 1 amide bonds. The molecule has 3 aromatic carbocycles. The lowest BCUT2D eigenvalue weighted by Crippen LogP contribution is -2.50. The number of nitrogens with zero attached hydrogens (tertiary/aromatic N) is 4. The van der Waals surface area contributed by atoms with Gasteiger partial charge in [-0.25, -0.2) is 4.79 Å². The molecule has 2 heterocycles. The minimum atomic E-state index is -0.230. The Kier molecular flexibility index (Phi) is 9.82. The van der Waals surface area contributed by atoms with E-state index in [1.54, 1.807) is 19.1 Å². The van der Waals surface area contributed by atoms with Gasteiger partial charge in [-0.3, -0.25) is 9.80 Å². The molecule has 2 aliphatic heterocycles. The van der Waals surface area contributed by atoms with Crippen LogP contribution in [0.1, 0.15) is 5.56 Å². The zero-order valence-electron chi connectivity index (χ0n) is 24.0. The number of anilines is 1. The van der Waals surface area contributed by atoms with Gasteiger partial charge in [0.15, 0.2) is 0 Å². The van der Waals surface area contributed by atoms with Crippen molar-refractivity contribution in [2.45, 2.75) is 6.54 Å². The third kappa shape index (κ3) is 8.05. The lowest BCUT2D eigenvalue weighted by molar-refractivity contribution is 0.0726. The number of hydrogen-bond acceptors (Lipinski definition) is 8. The van der Waals surface area contributed by atoms with Crippen LogP contribution in [-0.4, -0.2) is 101 Å². The molecule has 41 heavy (non-hydrogen) atoms. The van der Waals surface area contributed by atoms with Gasteiger partial charge in [0.25, 0.3) is 0 Å². The molecule has 0 spiro atoms. The predicted octanol–water partition coefficient (Wildman–Crippen LogP) is 4.57. The first kappa shape index (κ1) is 28.6. The second-order valence-corrected chi connectivity index (χ2v) is 10.3. The van der Waals surface area contributed by atoms with Crippen LogP contribution < -0.4 is 19.1 Å². The molecule has 0 N–H and O–H groups in total. The molecule has 5 rings (SSSR count). The van der Waals surface area contributed by atoms with Gasteiger partial charge in [-0.15, -0.1) is 0 Å². The summed E-state index contributed by atoms with van der Waals surface area (Å²) in [6.07, 6.45) is -0.230. The van der Waals surface area contributed by atoms with Crippen LogP contribution in [0.3, 0.4) is 0 Å². The number of carbonyl (C=O) groups is 1. The van der Waals surface area contributed by atoms with Gasteiger partial charge < -0.3 is 28.7 Å². The summed E-state index contributed by atoms with van der Waals surface area (Å²) in [4.78, 5) is 21.5. The molecule has 9 heteroatoms. The van der Waals surface area contributed by atoms with Gasteiger partial charge in [0.2, 0.25) is 0 Å². The molecule has 0 unspecified atom stereocenters. The predicted molar refractivity (Wildman–Crippen MR) is 159 cm³/mol. The number of ether oxygens (including phenoxy) is 4. The van der Waals surface area contributed by atoms with Crippen molar-refractivity contribution in [2.75, 3.05) is 84.6 Å². The van der Waals surface area contributed by atoms with Crippen LogP contribution in [0.5, 0.6) is 23.0 Å². The third-order valence-corrected chi connectivity index (χ3v) is 7.65. The Bertz CT molecular complexity index is 1220. The summed E-state index contributed by atoms with van der Waals surface area (Å²) in [5.74, 6) is 3.20. The lowest BCUT2D eigenvalue weighted by atomic mass is 10.2. The molecule has 0 bridgehead atoms. The molecule has 218 valence electrons. The summed E-state index contributed by atoms with van der Waals surface area (Å²) >= 11 is 0. The van der Waals surface area contributed by atoms with E-state index in [0.717, 1.165) is 81.0 Å². The lowest BCUT2D eigenvalue weighted by Gasteiger charge is -2.36. The van der Waals surface area contributed by atoms with E-state index in [0.29, 0.717) is 19.7 Å². The molecule has 0 saturated carbocycles. The van der Waals surface area contributed by atoms with Crippen molar-refractivity contribution in [1.82, 2.24) is 14.7 Å². The fraction of sp³-hybridized carbons (Fsp3) is 0.406. The minimum Gasteiger partial charge on any atom is -0.497 e. The Morgan fingerprint density at radius 3 is 1.93 bits per heavy atom. The molecule has 9 nitrogen and oxygen atoms in total. The van der Waals surface area contributed by atoms with Crippen LogP contribution in [0.2, 0.25) is 0 Å². The molecule has 0 radical (unpaired) electrons. The summed E-state index contributed by atoms with van der Waals surface area (Å²) in [6.45, 7) is 8.72. The smallest absolute Gasteiger partial charge is 0.409 e. The van der Waals surface area contributed by atoms with Crippen molar-refractivity contribution < 1.29 is 23.7 Å². The largest absolute Gasteiger partial charge is 0.497 e. The van der Waals surface area contributed by atoms with Crippen LogP contribution in [0, 0.1) is 0 Å². The number of amides is 1. The Balaban J connectivity index is 0.976. The van der Waals surface area contributed by atoms with E-state index in [-0.39, 0.29) is 6.09 Å². The summed E-state index contributed by atoms with van der Waals surface area (Å²) in [7, 11) is 3.30. The highest BCUT2D eigenvalue weighted by Gasteiger charge is 2.24. The topological polar surface area (TPSA) is 67.0 Å². The van der Waals surface area contributed by atoms with E-state index >= 15 is 0 Å². The van der Waals surface area contributed by atoms with Crippen LogP contribution in [0.25, 0.3) is 0 Å². The van der Waals surface area contributed by atoms with Gasteiger partial charge in [-0.05, 0) is 29.8 Å². The van der Waals surface area contributed by atoms with Crippen LogP contribution in [-0.2, 0) is 11.3 Å². The molecule has 3 aromatic rings. The highest BCUT2D eigenvalue weighted by Crippen LogP contribution is 2.29. The maximum atomic E-state index is 12.7. The van der Waals surface area contributed by atoms with Gasteiger partial charge >= 0.3 is 6.09 Å². The summed E-state index contributed by atoms with van der Waals surface area (Å²) in [5.41, 5.74) is 2.31. The Morgan fingerprint density at radius 1 is 0.683 bits per heavy atom. The summed E-state index contributed by atoms with van der Waals surface area (Å²) < 4.78 is 22.3. The number of rotatable bonds is 10. The number of methoxy groups -OCH3 is 2. The van der Waals surface area contributed by atoms with Crippen molar-refractivity contribution >= 4 is 11.8 Å². The van der Waals surface area contributed by atoms with Crippen LogP contribution >= 0.6 is 0 Å². The number of piperazine rings is 2. The Hall–Kier alpha value is -3.95. The molecule has 0 atom stereocenters. The van der Waals surface area contributed by atoms with Gasteiger partial charge in [0.05, 0.1) is 14.2 Å². The number of para-hydroxylation sites is 1. The normalized spacial score (nSPS) is 16.3. The van der Waals surface area contributed by atoms with E-state index in [9.17, 15) is 4.79 Å². The maximum absolute atomic E-state index is 12.7. The maximum Gasteiger partial charge on any atom is 0.409 e. The number of benzene rings is 3. The number of hydrogen-bond donors (Lipinski definition) is 0. The first-order valence-corrected chi connectivity index (χ1v) is 14.3. The molecular weight excluding hydrogens is 520 g/mol. The van der Waals surface area contributed by atoms with E-state index in [1.165, 1.54) is 5.56 Å². The monoisotopic (exact) mass is 560 g/mol. The second kappa shape index (κ2) is 14.1. The zero-order chi connectivity index (χ0) is 28.4. The number of carbonyl (C=O) groups excluding carboxylic acids is 1. The van der Waals surface area contributed by atoms with Gasteiger partial charge in [-0.2, -0.15) is 0 Å². The van der Waals surface area contributed by atoms with E-state index in [2.05, 4.69) is 26.8 Å². The molecule has 0 aromatic heterocycles. The minimum absolute atomic E-state index is 0.230. The SMILES string of the molecule is COc1cc(OC)cc(N2CCN(C(=O)OCCN3CCN(Cc4ccc(Oc5ccccc5)cc4)CC3)CC2)c1. The average Bonchev–Trinajstić information content (AvgIpc) is 3.03. The quantitative estimate of drug-likeness (QED) is 0.357. The average molecular weight is 561 g/mol. The van der Waals surface area contributed by atoms with Crippen molar-refractivity contribution in [3.05, 3.63) is 78.4 Å². The Labute approximate surface area is 242 Å². The molecule has 2 saturated heterocycles. The standard InChI is InChI=1S/C32H40N4O5/c1-38-30-22-27(23-31(24-30)39-2)35-16-18-36(19-17-35)32(37)40-21-20-33-12-14-34(15-13-33)25-26-8-10-29(11-9-26)41-28-6-4-3-5-7-28/h3-11,22-24H,12-21,25H2,1-2H3. The summed E-state index contributed by atoms with van der Waals surface area (Å²) in [5, 5.41) is 0. The van der Waals surface area contributed by atoms with Crippen molar-refractivity contribution in [1.29, 1.82) is 0 Å². The highest BCUT2D eigenvalue weighted by molar-refractivity contribution is 5.68. The van der Waals surface area contributed by atoms with Crippen LogP contribution in [0.4, 0.5) is 10.5 Å². The molecule has 2 fully saturated rings. The van der Waals surface area contributed by atoms with Gasteiger partial charge in [0.1, 0.15) is 29.6 Å². The van der Waals surface area contributed by atoms with Gasteiger partial charge in [-0.1, -0.05) is 30.3 Å².